The zero-order valence-electron chi connectivity index (χ0n) is 9.87. The first-order valence-electron chi connectivity index (χ1n) is 5.89. The van der Waals surface area contributed by atoms with Crippen LogP contribution in [0.3, 0.4) is 0 Å². The van der Waals surface area contributed by atoms with Crippen molar-refractivity contribution in [1.29, 1.82) is 0 Å². The van der Waals surface area contributed by atoms with Gasteiger partial charge in [-0.3, -0.25) is 4.21 Å². The Kier molecular flexibility index (Phi) is 2.56. The van der Waals surface area contributed by atoms with Crippen LogP contribution in [0.4, 0.5) is 0 Å². The zero-order chi connectivity index (χ0) is 12.8. The molecule has 0 radical (unpaired) electrons. The molecular weight excluding hydrogens is 280 g/mol. The third-order valence-corrected chi connectivity index (χ3v) is 5.46. The Hall–Kier alpha value is -1.46. The van der Waals surface area contributed by atoms with Gasteiger partial charge in [0.1, 0.15) is 11.5 Å². The molecule has 96 valence electrons. The molecule has 3 nitrogen and oxygen atoms in total. The Morgan fingerprint density at radius 3 is 2.95 bits per heavy atom. The van der Waals surface area contributed by atoms with Gasteiger partial charge in [0, 0.05) is 5.56 Å². The molecule has 19 heavy (non-hydrogen) atoms. The van der Waals surface area contributed by atoms with Crippen molar-refractivity contribution < 1.29 is 13.7 Å². The molecule has 0 fully saturated rings. The first-order chi connectivity index (χ1) is 9.31. The minimum Gasteiger partial charge on any atom is -0.479 e. The van der Waals surface area contributed by atoms with Crippen molar-refractivity contribution in [3.8, 4) is 11.5 Å². The Bertz CT molecular complexity index is 659. The molecule has 2 aromatic carbocycles. The zero-order valence-corrected chi connectivity index (χ0v) is 11.5. The molecule has 2 aliphatic rings. The fourth-order valence-electron chi connectivity index (χ4n) is 2.19. The summed E-state index contributed by atoms with van der Waals surface area (Å²) in [4.78, 5) is 1.93. The number of hydrogen-bond acceptors (Lipinski definition) is 4. The van der Waals surface area contributed by atoms with E-state index in [0.717, 1.165) is 26.9 Å². The third kappa shape index (κ3) is 1.84. The van der Waals surface area contributed by atoms with Crippen molar-refractivity contribution in [2.75, 3.05) is 5.94 Å². The van der Waals surface area contributed by atoms with Gasteiger partial charge < -0.3 is 9.47 Å². The van der Waals surface area contributed by atoms with E-state index >= 15 is 0 Å². The molecule has 4 rings (SSSR count). The second-order valence-electron chi connectivity index (χ2n) is 4.33. The number of hydrogen-bond donors (Lipinski definition) is 0. The average Bonchev–Trinajstić information content (AvgIpc) is 3.02. The van der Waals surface area contributed by atoms with E-state index in [-0.39, 0.29) is 11.4 Å². The van der Waals surface area contributed by atoms with Gasteiger partial charge >= 0.3 is 0 Å². The van der Waals surface area contributed by atoms with Crippen LogP contribution in [0.15, 0.2) is 52.3 Å². The lowest BCUT2D eigenvalue weighted by molar-refractivity contribution is 0.301. The lowest BCUT2D eigenvalue weighted by atomic mass is 10.2. The average molecular weight is 290 g/mol. The monoisotopic (exact) mass is 290 g/mol. The van der Waals surface area contributed by atoms with E-state index in [1.54, 1.807) is 11.8 Å². The van der Waals surface area contributed by atoms with Crippen molar-refractivity contribution >= 4 is 22.6 Å². The van der Waals surface area contributed by atoms with Crippen LogP contribution in [-0.4, -0.2) is 10.1 Å². The molecule has 2 unspecified atom stereocenters. The maximum atomic E-state index is 11.6. The number of para-hydroxylation sites is 1. The van der Waals surface area contributed by atoms with Gasteiger partial charge in [-0.05, 0) is 24.3 Å². The molecule has 0 saturated heterocycles. The summed E-state index contributed by atoms with van der Waals surface area (Å²) in [6.07, 6.45) is 0. The van der Waals surface area contributed by atoms with E-state index in [1.807, 2.05) is 36.4 Å². The standard InChI is InChI=1S/C14H10O3S2/c15-19-8-16-11-7-9(5-6-13(11)19)14-17-10-3-1-2-4-12(10)18-14/h1-7,14H,8H2. The molecular formula is C14H10O3S2. The van der Waals surface area contributed by atoms with Gasteiger partial charge in [-0.15, -0.1) is 0 Å². The van der Waals surface area contributed by atoms with E-state index in [2.05, 4.69) is 6.07 Å². The minimum atomic E-state index is -1.02. The van der Waals surface area contributed by atoms with Gasteiger partial charge in [-0.1, -0.05) is 30.0 Å². The van der Waals surface area contributed by atoms with Gasteiger partial charge in [0.25, 0.3) is 0 Å². The summed E-state index contributed by atoms with van der Waals surface area (Å²) < 4.78 is 23.0. The van der Waals surface area contributed by atoms with E-state index in [9.17, 15) is 4.21 Å². The minimum absolute atomic E-state index is 0.0552. The fraction of sp³-hybridized carbons (Fsp3) is 0.143. The smallest absolute Gasteiger partial charge is 0.174 e. The first-order valence-corrected chi connectivity index (χ1v) is 8.08. The Morgan fingerprint density at radius 1 is 1.16 bits per heavy atom. The maximum Gasteiger partial charge on any atom is 0.174 e. The van der Waals surface area contributed by atoms with Crippen molar-refractivity contribution in [3.05, 3.63) is 48.0 Å². The first kappa shape index (κ1) is 11.4. The SMILES string of the molecule is O=S1COc2cc(C3Oc4ccccc4S3)ccc21. The van der Waals surface area contributed by atoms with Gasteiger partial charge in [-0.25, -0.2) is 0 Å². The van der Waals surface area contributed by atoms with Crippen LogP contribution in [-0.2, 0) is 10.8 Å². The predicted octanol–water partition coefficient (Wildman–Crippen LogP) is 3.33. The maximum absolute atomic E-state index is 11.6. The van der Waals surface area contributed by atoms with E-state index in [0.29, 0.717) is 0 Å². The largest absolute Gasteiger partial charge is 0.479 e. The normalized spacial score (nSPS) is 23.4. The molecule has 0 spiro atoms. The molecule has 0 saturated carbocycles. The quantitative estimate of drug-likeness (QED) is 0.807. The summed E-state index contributed by atoms with van der Waals surface area (Å²) in [5, 5.41) is 0. The Balaban J connectivity index is 1.67. The molecule has 2 aromatic rings. The summed E-state index contributed by atoms with van der Waals surface area (Å²) in [5.41, 5.74) is 0.985. The van der Waals surface area contributed by atoms with Crippen LogP contribution in [0.1, 0.15) is 11.0 Å². The summed E-state index contributed by atoms with van der Waals surface area (Å²) in [6, 6.07) is 13.8. The molecule has 0 aromatic heterocycles. The van der Waals surface area contributed by atoms with Gasteiger partial charge in [0.2, 0.25) is 0 Å². The van der Waals surface area contributed by atoms with Crippen LogP contribution in [0, 0.1) is 0 Å². The summed E-state index contributed by atoms with van der Waals surface area (Å²) in [6.45, 7) is 0. The molecule has 0 amide bonds. The van der Waals surface area contributed by atoms with Crippen LogP contribution in [0.2, 0.25) is 0 Å². The number of benzene rings is 2. The third-order valence-electron chi connectivity index (χ3n) is 3.12. The van der Waals surface area contributed by atoms with Gasteiger partial charge in [0.05, 0.1) is 20.6 Å². The van der Waals surface area contributed by atoms with Crippen LogP contribution in [0.25, 0.3) is 0 Å². The van der Waals surface area contributed by atoms with Crippen molar-refractivity contribution in [2.24, 2.45) is 0 Å². The summed E-state index contributed by atoms with van der Waals surface area (Å²) in [5.74, 6) is 1.90. The van der Waals surface area contributed by atoms with Crippen LogP contribution >= 0.6 is 11.8 Å². The van der Waals surface area contributed by atoms with Crippen LogP contribution in [0.5, 0.6) is 11.5 Å². The number of rotatable bonds is 1. The lowest BCUT2D eigenvalue weighted by Crippen LogP contribution is -1.98. The van der Waals surface area contributed by atoms with E-state index in [4.69, 9.17) is 9.47 Å². The highest BCUT2D eigenvalue weighted by Gasteiger charge is 2.27. The topological polar surface area (TPSA) is 35.5 Å². The fourth-order valence-corrected chi connectivity index (χ4v) is 4.17. The van der Waals surface area contributed by atoms with E-state index < -0.39 is 10.8 Å². The molecule has 2 aliphatic heterocycles. The summed E-state index contributed by atoms with van der Waals surface area (Å²) in [7, 11) is -1.02. The van der Waals surface area contributed by atoms with Crippen molar-refractivity contribution in [2.45, 2.75) is 15.2 Å². The second-order valence-corrected chi connectivity index (χ2v) is 6.80. The number of ether oxygens (including phenoxy) is 2. The highest BCUT2D eigenvalue weighted by Crippen LogP contribution is 2.49. The Morgan fingerprint density at radius 2 is 2.05 bits per heavy atom. The molecule has 2 atom stereocenters. The van der Waals surface area contributed by atoms with Crippen molar-refractivity contribution in [3.63, 3.8) is 0 Å². The lowest BCUT2D eigenvalue weighted by Gasteiger charge is -2.10. The summed E-state index contributed by atoms with van der Waals surface area (Å²) >= 11 is 1.68. The molecule has 5 heteroatoms. The molecule has 0 bridgehead atoms. The highest BCUT2D eigenvalue weighted by atomic mass is 32.2. The Labute approximate surface area is 117 Å². The number of fused-ring (bicyclic) bond motifs is 2. The van der Waals surface area contributed by atoms with Gasteiger partial charge in [0.15, 0.2) is 11.4 Å². The number of thioether (sulfide) groups is 1. The predicted molar refractivity (Wildman–Crippen MR) is 74.0 cm³/mol. The molecule has 0 N–H and O–H groups in total. The van der Waals surface area contributed by atoms with Gasteiger partial charge in [-0.2, -0.15) is 0 Å². The second kappa shape index (κ2) is 4.28. The van der Waals surface area contributed by atoms with E-state index in [1.165, 1.54) is 0 Å². The molecule has 0 aliphatic carbocycles. The highest BCUT2D eigenvalue weighted by molar-refractivity contribution is 7.99. The van der Waals surface area contributed by atoms with Crippen LogP contribution < -0.4 is 9.47 Å². The molecule has 2 heterocycles. The van der Waals surface area contributed by atoms with Crippen molar-refractivity contribution in [1.82, 2.24) is 0 Å².